The number of ether oxygens (including phenoxy) is 1. The second kappa shape index (κ2) is 8.45. The van der Waals surface area contributed by atoms with Gasteiger partial charge in [0.25, 0.3) is 5.91 Å². The average molecular weight is 365 g/mol. The SMILES string of the molecule is COC1(c2ccccc2)C(=O)N(CCN(C)C)c2ccccc21.Cl.O. The normalized spacial score (nSPS) is 18.6. The third kappa shape index (κ3) is 3.41. The first-order chi connectivity index (χ1) is 11.1. The molecule has 5 nitrogen and oxygen atoms in total. The molecule has 0 aliphatic carbocycles. The van der Waals surface area contributed by atoms with Crippen LogP contribution in [0.3, 0.4) is 0 Å². The Labute approximate surface area is 154 Å². The molecule has 1 unspecified atom stereocenters. The zero-order valence-electron chi connectivity index (χ0n) is 14.7. The first-order valence-corrected chi connectivity index (χ1v) is 7.78. The molecule has 0 aromatic heterocycles. The second-order valence-corrected chi connectivity index (χ2v) is 6.03. The van der Waals surface area contributed by atoms with Gasteiger partial charge in [-0.1, -0.05) is 48.5 Å². The Morgan fingerprint density at radius 1 is 1.04 bits per heavy atom. The van der Waals surface area contributed by atoms with Crippen LogP contribution < -0.4 is 4.90 Å². The number of para-hydroxylation sites is 1. The molecule has 136 valence electrons. The van der Waals surface area contributed by atoms with Crippen molar-refractivity contribution < 1.29 is 15.0 Å². The number of fused-ring (bicyclic) bond motifs is 1. The summed E-state index contributed by atoms with van der Waals surface area (Å²) in [5, 5.41) is 0. The third-order valence-electron chi connectivity index (χ3n) is 4.38. The predicted octanol–water partition coefficient (Wildman–Crippen LogP) is 2.08. The van der Waals surface area contributed by atoms with Gasteiger partial charge in [-0.25, -0.2) is 0 Å². The first kappa shape index (κ1) is 21.1. The lowest BCUT2D eigenvalue weighted by molar-refractivity contribution is -0.135. The van der Waals surface area contributed by atoms with Crippen LogP contribution in [0.15, 0.2) is 54.6 Å². The summed E-state index contributed by atoms with van der Waals surface area (Å²) in [5.74, 6) is -0.0192. The van der Waals surface area contributed by atoms with Crippen molar-refractivity contribution in [3.8, 4) is 0 Å². The minimum absolute atomic E-state index is 0. The van der Waals surface area contributed by atoms with E-state index in [1.165, 1.54) is 0 Å². The smallest absolute Gasteiger partial charge is 0.268 e. The van der Waals surface area contributed by atoms with Crippen LogP contribution >= 0.6 is 12.4 Å². The van der Waals surface area contributed by atoms with Crippen molar-refractivity contribution in [2.75, 3.05) is 39.2 Å². The lowest BCUT2D eigenvalue weighted by atomic mass is 9.87. The van der Waals surface area contributed by atoms with Crippen molar-refractivity contribution in [1.82, 2.24) is 4.90 Å². The van der Waals surface area contributed by atoms with Crippen molar-refractivity contribution >= 4 is 24.0 Å². The van der Waals surface area contributed by atoms with Gasteiger partial charge in [0.1, 0.15) is 0 Å². The number of rotatable bonds is 5. The third-order valence-corrected chi connectivity index (χ3v) is 4.38. The monoisotopic (exact) mass is 364 g/mol. The molecule has 3 rings (SSSR count). The van der Waals surface area contributed by atoms with Gasteiger partial charge in [-0.3, -0.25) is 4.79 Å². The molecule has 1 amide bonds. The Balaban J connectivity index is 0.00000156. The highest BCUT2D eigenvalue weighted by Gasteiger charge is 2.52. The summed E-state index contributed by atoms with van der Waals surface area (Å²) in [6, 6.07) is 17.6. The molecule has 1 aliphatic rings. The van der Waals surface area contributed by atoms with Gasteiger partial charge in [0.05, 0.1) is 5.69 Å². The molecule has 0 fully saturated rings. The van der Waals surface area contributed by atoms with Crippen molar-refractivity contribution in [2.45, 2.75) is 5.60 Å². The quantitative estimate of drug-likeness (QED) is 0.816. The predicted molar refractivity (Wildman–Crippen MR) is 102 cm³/mol. The van der Waals surface area contributed by atoms with Crippen LogP contribution in [0, 0.1) is 0 Å². The van der Waals surface area contributed by atoms with Crippen LogP contribution in [-0.4, -0.2) is 50.6 Å². The maximum absolute atomic E-state index is 13.3. The fourth-order valence-corrected chi connectivity index (χ4v) is 3.21. The topological polar surface area (TPSA) is 64.3 Å². The number of nitrogens with zero attached hydrogens (tertiary/aromatic N) is 2. The van der Waals surface area contributed by atoms with Gasteiger partial charge in [0, 0.05) is 25.8 Å². The number of hydrogen-bond donors (Lipinski definition) is 0. The molecule has 0 radical (unpaired) electrons. The van der Waals surface area contributed by atoms with E-state index in [1.807, 2.05) is 73.6 Å². The number of halogens is 1. The van der Waals surface area contributed by atoms with E-state index in [9.17, 15) is 4.79 Å². The highest BCUT2D eigenvalue weighted by molar-refractivity contribution is 6.09. The van der Waals surface area contributed by atoms with Crippen molar-refractivity contribution in [3.05, 3.63) is 65.7 Å². The Morgan fingerprint density at radius 3 is 2.24 bits per heavy atom. The number of carbonyl (C=O) groups excluding carboxylic acids is 1. The molecular formula is C19H25ClN2O3. The Bertz CT molecular complexity index is 709. The molecular weight excluding hydrogens is 340 g/mol. The van der Waals surface area contributed by atoms with Crippen molar-refractivity contribution in [2.24, 2.45) is 0 Å². The molecule has 1 atom stereocenters. The Morgan fingerprint density at radius 2 is 1.64 bits per heavy atom. The van der Waals surface area contributed by atoms with Gasteiger partial charge in [0.2, 0.25) is 0 Å². The first-order valence-electron chi connectivity index (χ1n) is 7.78. The van der Waals surface area contributed by atoms with Gasteiger partial charge in [-0.2, -0.15) is 0 Å². The number of benzene rings is 2. The molecule has 1 aliphatic heterocycles. The fraction of sp³-hybridized carbons (Fsp3) is 0.316. The summed E-state index contributed by atoms with van der Waals surface area (Å²) in [6.07, 6.45) is 0. The Hall–Kier alpha value is -1.92. The maximum atomic E-state index is 13.3. The largest absolute Gasteiger partial charge is 0.412 e. The van der Waals surface area contributed by atoms with Crippen molar-refractivity contribution in [3.63, 3.8) is 0 Å². The van der Waals surface area contributed by atoms with E-state index >= 15 is 0 Å². The van der Waals surface area contributed by atoms with E-state index in [4.69, 9.17) is 4.74 Å². The number of likely N-dealkylation sites (N-methyl/N-ethyl adjacent to an activating group) is 1. The van der Waals surface area contributed by atoms with E-state index in [1.54, 1.807) is 7.11 Å². The second-order valence-electron chi connectivity index (χ2n) is 6.03. The molecule has 6 heteroatoms. The summed E-state index contributed by atoms with van der Waals surface area (Å²) in [7, 11) is 5.62. The number of amides is 1. The fourth-order valence-electron chi connectivity index (χ4n) is 3.21. The van der Waals surface area contributed by atoms with E-state index in [0.717, 1.165) is 23.4 Å². The minimum atomic E-state index is -1.05. The van der Waals surface area contributed by atoms with Crippen LogP contribution in [-0.2, 0) is 15.1 Å². The zero-order valence-corrected chi connectivity index (χ0v) is 15.5. The van der Waals surface area contributed by atoms with Crippen LogP contribution in [0.5, 0.6) is 0 Å². The lowest BCUT2D eigenvalue weighted by Gasteiger charge is -2.28. The van der Waals surface area contributed by atoms with Gasteiger partial charge >= 0.3 is 0 Å². The minimum Gasteiger partial charge on any atom is -0.412 e. The Kier molecular flexibility index (Phi) is 7.14. The van der Waals surface area contributed by atoms with Gasteiger partial charge in [-0.05, 0) is 25.7 Å². The zero-order chi connectivity index (χ0) is 16.4. The molecule has 0 saturated carbocycles. The highest BCUT2D eigenvalue weighted by atomic mass is 35.5. The molecule has 2 aromatic carbocycles. The number of carbonyl (C=O) groups is 1. The van der Waals surface area contributed by atoms with E-state index in [2.05, 4.69) is 4.90 Å². The number of hydrogen-bond acceptors (Lipinski definition) is 3. The van der Waals surface area contributed by atoms with Gasteiger partial charge in [-0.15, -0.1) is 12.4 Å². The molecule has 2 aromatic rings. The summed E-state index contributed by atoms with van der Waals surface area (Å²) in [5.41, 5.74) is 1.67. The lowest BCUT2D eigenvalue weighted by Crippen LogP contribution is -2.44. The average Bonchev–Trinajstić information content (AvgIpc) is 2.82. The van der Waals surface area contributed by atoms with E-state index in [-0.39, 0.29) is 23.8 Å². The van der Waals surface area contributed by atoms with E-state index in [0.29, 0.717) is 6.54 Å². The molecule has 25 heavy (non-hydrogen) atoms. The molecule has 0 bridgehead atoms. The van der Waals surface area contributed by atoms with Crippen LogP contribution in [0.1, 0.15) is 11.1 Å². The summed E-state index contributed by atoms with van der Waals surface area (Å²) >= 11 is 0. The molecule has 1 heterocycles. The van der Waals surface area contributed by atoms with Crippen molar-refractivity contribution in [1.29, 1.82) is 0 Å². The summed E-state index contributed by atoms with van der Waals surface area (Å²) < 4.78 is 5.86. The summed E-state index contributed by atoms with van der Waals surface area (Å²) in [4.78, 5) is 17.2. The standard InChI is InChI=1S/C19H22N2O2.ClH.H2O/c1-20(2)13-14-21-17-12-8-7-11-16(17)19(23-3,18(21)22)15-9-5-4-6-10-15;;/h4-12H,13-14H2,1-3H3;1H;1H2. The molecule has 0 spiro atoms. The summed E-state index contributed by atoms with van der Waals surface area (Å²) in [6.45, 7) is 1.44. The maximum Gasteiger partial charge on any atom is 0.268 e. The number of methoxy groups -OCH3 is 1. The van der Waals surface area contributed by atoms with Crippen LogP contribution in [0.2, 0.25) is 0 Å². The highest BCUT2D eigenvalue weighted by Crippen LogP contribution is 2.46. The van der Waals surface area contributed by atoms with E-state index < -0.39 is 5.60 Å². The van der Waals surface area contributed by atoms with Crippen LogP contribution in [0.4, 0.5) is 5.69 Å². The number of anilines is 1. The van der Waals surface area contributed by atoms with Gasteiger partial charge in [0.15, 0.2) is 5.60 Å². The molecule has 2 N–H and O–H groups in total. The van der Waals surface area contributed by atoms with Gasteiger partial charge < -0.3 is 20.0 Å². The molecule has 0 saturated heterocycles. The van der Waals surface area contributed by atoms with Crippen LogP contribution in [0.25, 0.3) is 0 Å².